The summed E-state index contributed by atoms with van der Waals surface area (Å²) in [5.74, 6) is -0.313. The van der Waals surface area contributed by atoms with Crippen LogP contribution in [0.15, 0.2) is 30.3 Å². The Bertz CT molecular complexity index is 1140. The minimum atomic E-state index is -0.327. The zero-order valence-electron chi connectivity index (χ0n) is 13.7. The van der Waals surface area contributed by atoms with Gasteiger partial charge in [0, 0.05) is 5.39 Å². The van der Waals surface area contributed by atoms with Crippen molar-refractivity contribution in [3.05, 3.63) is 47.3 Å². The fraction of sp³-hybridized carbons (Fsp3) is 0.211. The third kappa shape index (κ3) is 2.16. The first-order valence-electron chi connectivity index (χ1n) is 7.80. The van der Waals surface area contributed by atoms with E-state index in [0.717, 1.165) is 27.7 Å². The zero-order valence-corrected chi connectivity index (χ0v) is 13.7. The molecule has 0 aliphatic rings. The quantitative estimate of drug-likeness (QED) is 0.559. The molecule has 24 heavy (non-hydrogen) atoms. The molecule has 2 aromatic heterocycles. The molecule has 0 radical (unpaired) electrons. The molecule has 0 fully saturated rings. The summed E-state index contributed by atoms with van der Waals surface area (Å²) in [6, 6.07) is 8.51. The maximum atomic E-state index is 13.7. The maximum absolute atomic E-state index is 13.7. The number of hydrogen-bond acceptors (Lipinski definition) is 3. The molecule has 0 amide bonds. The first kappa shape index (κ1) is 14.8. The van der Waals surface area contributed by atoms with Gasteiger partial charge in [-0.25, -0.2) is 14.4 Å². The number of Topliss-reactive ketones (excluding diaryl/α,β-unsaturated/α-hetero) is 1. The fourth-order valence-corrected chi connectivity index (χ4v) is 3.10. The molecular formula is C19H16FN3O. The van der Waals surface area contributed by atoms with Crippen LogP contribution in [0.1, 0.15) is 18.1 Å². The van der Waals surface area contributed by atoms with E-state index in [2.05, 4.69) is 0 Å². The predicted octanol–water partition coefficient (Wildman–Crippen LogP) is 4.08. The minimum Gasteiger partial charge on any atom is -0.316 e. The number of fused-ring (bicyclic) bond motifs is 4. The molecule has 120 valence electrons. The number of nitrogens with zero attached hydrogens (tertiary/aromatic N) is 3. The smallest absolute Gasteiger partial charge is 0.160 e. The standard InChI is InChI=1S/C19H16FN3O/c1-10-6-15-16(7-11(10)2)22-19-18(21-15)14-8-13(20)4-5-17(14)23(19)9-12(3)24/h4-8H,9H2,1-3H3. The van der Waals surface area contributed by atoms with Gasteiger partial charge in [-0.05, 0) is 62.2 Å². The number of rotatable bonds is 2. The second kappa shape index (κ2) is 5.09. The Kier molecular flexibility index (Phi) is 3.13. The monoisotopic (exact) mass is 321 g/mol. The Hall–Kier alpha value is -2.82. The first-order chi connectivity index (χ1) is 11.4. The SMILES string of the molecule is CC(=O)Cn1c2ccc(F)cc2c2nc3cc(C)c(C)cc3nc21. The van der Waals surface area contributed by atoms with Crippen LogP contribution in [-0.4, -0.2) is 20.3 Å². The van der Waals surface area contributed by atoms with Gasteiger partial charge in [-0.15, -0.1) is 0 Å². The molecule has 5 heteroatoms. The van der Waals surface area contributed by atoms with Crippen LogP contribution in [0.2, 0.25) is 0 Å². The van der Waals surface area contributed by atoms with Gasteiger partial charge >= 0.3 is 0 Å². The number of ketones is 1. The van der Waals surface area contributed by atoms with Gasteiger partial charge in [-0.3, -0.25) is 4.79 Å². The molecular weight excluding hydrogens is 305 g/mol. The molecule has 0 bridgehead atoms. The number of halogens is 1. The Balaban J connectivity index is 2.19. The first-order valence-corrected chi connectivity index (χ1v) is 7.80. The molecule has 0 aliphatic carbocycles. The predicted molar refractivity (Wildman–Crippen MR) is 92.7 cm³/mol. The molecule has 4 nitrogen and oxygen atoms in total. The fourth-order valence-electron chi connectivity index (χ4n) is 3.10. The highest BCUT2D eigenvalue weighted by Crippen LogP contribution is 2.29. The normalized spacial score (nSPS) is 11.7. The van der Waals surface area contributed by atoms with Crippen LogP contribution in [0, 0.1) is 19.7 Å². The van der Waals surface area contributed by atoms with E-state index < -0.39 is 0 Å². The average Bonchev–Trinajstić information content (AvgIpc) is 2.79. The van der Waals surface area contributed by atoms with Crippen LogP contribution in [0.4, 0.5) is 4.39 Å². The Morgan fingerprint density at radius 2 is 1.75 bits per heavy atom. The van der Waals surface area contributed by atoms with Crippen molar-refractivity contribution in [2.45, 2.75) is 27.3 Å². The topological polar surface area (TPSA) is 47.8 Å². The lowest BCUT2D eigenvalue weighted by Gasteiger charge is -2.06. The Morgan fingerprint density at radius 1 is 1.08 bits per heavy atom. The van der Waals surface area contributed by atoms with Crippen LogP contribution in [-0.2, 0) is 11.3 Å². The summed E-state index contributed by atoms with van der Waals surface area (Å²) in [5.41, 5.74) is 5.83. The molecule has 4 rings (SSSR count). The van der Waals surface area contributed by atoms with Gasteiger partial charge in [0.15, 0.2) is 5.65 Å². The van der Waals surface area contributed by atoms with Gasteiger partial charge in [0.25, 0.3) is 0 Å². The van der Waals surface area contributed by atoms with Crippen LogP contribution in [0.3, 0.4) is 0 Å². The van der Waals surface area contributed by atoms with Gasteiger partial charge < -0.3 is 4.57 Å². The summed E-state index contributed by atoms with van der Waals surface area (Å²) in [6.07, 6.45) is 0. The van der Waals surface area contributed by atoms with Crippen LogP contribution < -0.4 is 0 Å². The molecule has 0 atom stereocenters. The molecule has 0 unspecified atom stereocenters. The van der Waals surface area contributed by atoms with Crippen molar-refractivity contribution in [1.29, 1.82) is 0 Å². The largest absolute Gasteiger partial charge is 0.316 e. The van der Waals surface area contributed by atoms with Crippen molar-refractivity contribution in [2.24, 2.45) is 0 Å². The van der Waals surface area contributed by atoms with Crippen molar-refractivity contribution in [3.8, 4) is 0 Å². The highest BCUT2D eigenvalue weighted by atomic mass is 19.1. The highest BCUT2D eigenvalue weighted by Gasteiger charge is 2.16. The lowest BCUT2D eigenvalue weighted by Crippen LogP contribution is -2.06. The van der Waals surface area contributed by atoms with Crippen LogP contribution in [0.25, 0.3) is 33.1 Å². The van der Waals surface area contributed by atoms with E-state index in [0.29, 0.717) is 16.6 Å². The zero-order chi connectivity index (χ0) is 17.0. The summed E-state index contributed by atoms with van der Waals surface area (Å²) in [5, 5.41) is 0.680. The van der Waals surface area contributed by atoms with E-state index in [1.54, 1.807) is 6.07 Å². The molecule has 2 heterocycles. The average molecular weight is 321 g/mol. The lowest BCUT2D eigenvalue weighted by atomic mass is 10.1. The van der Waals surface area contributed by atoms with Gasteiger partial charge in [0.2, 0.25) is 0 Å². The molecule has 0 saturated carbocycles. The van der Waals surface area contributed by atoms with Crippen LogP contribution in [0.5, 0.6) is 0 Å². The molecule has 0 aliphatic heterocycles. The third-order valence-electron chi connectivity index (χ3n) is 4.40. The number of carbonyl (C=O) groups excluding carboxylic acids is 1. The van der Waals surface area contributed by atoms with E-state index >= 15 is 0 Å². The van der Waals surface area contributed by atoms with E-state index in [9.17, 15) is 9.18 Å². The van der Waals surface area contributed by atoms with E-state index in [4.69, 9.17) is 9.97 Å². The van der Waals surface area contributed by atoms with Gasteiger partial charge in [0.05, 0.1) is 23.1 Å². The van der Waals surface area contributed by atoms with Crippen LogP contribution >= 0.6 is 0 Å². The number of aromatic nitrogens is 3. The van der Waals surface area contributed by atoms with Crippen molar-refractivity contribution in [1.82, 2.24) is 14.5 Å². The summed E-state index contributed by atoms with van der Waals surface area (Å²) in [7, 11) is 0. The van der Waals surface area contributed by atoms with E-state index in [1.807, 2.05) is 30.5 Å². The Labute approximate surface area is 137 Å². The second-order valence-electron chi connectivity index (χ2n) is 6.27. The van der Waals surface area contributed by atoms with E-state index in [-0.39, 0.29) is 18.1 Å². The molecule has 0 N–H and O–H groups in total. The number of aryl methyl sites for hydroxylation is 2. The number of hydrogen-bond donors (Lipinski definition) is 0. The highest BCUT2D eigenvalue weighted by molar-refractivity contribution is 6.07. The molecule has 2 aromatic carbocycles. The summed E-state index contributed by atoms with van der Waals surface area (Å²) in [4.78, 5) is 21.1. The Morgan fingerprint density at radius 3 is 2.42 bits per heavy atom. The molecule has 4 aromatic rings. The van der Waals surface area contributed by atoms with Crippen molar-refractivity contribution in [2.75, 3.05) is 0 Å². The summed E-state index contributed by atoms with van der Waals surface area (Å²) < 4.78 is 15.6. The van der Waals surface area contributed by atoms with Gasteiger partial charge in [-0.2, -0.15) is 0 Å². The summed E-state index contributed by atoms with van der Waals surface area (Å²) in [6.45, 7) is 5.78. The number of benzene rings is 2. The third-order valence-corrected chi connectivity index (χ3v) is 4.40. The van der Waals surface area contributed by atoms with Crippen molar-refractivity contribution in [3.63, 3.8) is 0 Å². The van der Waals surface area contributed by atoms with Crippen molar-refractivity contribution < 1.29 is 9.18 Å². The van der Waals surface area contributed by atoms with E-state index in [1.165, 1.54) is 19.1 Å². The lowest BCUT2D eigenvalue weighted by molar-refractivity contribution is -0.117. The van der Waals surface area contributed by atoms with Gasteiger partial charge in [0.1, 0.15) is 17.1 Å². The molecule has 0 spiro atoms. The molecule has 0 saturated heterocycles. The number of carbonyl (C=O) groups is 1. The summed E-state index contributed by atoms with van der Waals surface area (Å²) >= 11 is 0. The van der Waals surface area contributed by atoms with Crippen molar-refractivity contribution >= 4 is 38.9 Å². The minimum absolute atomic E-state index is 0.0140. The second-order valence-corrected chi connectivity index (χ2v) is 6.27. The maximum Gasteiger partial charge on any atom is 0.160 e. The van der Waals surface area contributed by atoms with Gasteiger partial charge in [-0.1, -0.05) is 0 Å².